The molecule has 0 saturated heterocycles. The molecule has 0 aliphatic rings. The van der Waals surface area contributed by atoms with Crippen LogP contribution in [0.3, 0.4) is 0 Å². The summed E-state index contributed by atoms with van der Waals surface area (Å²) in [6.07, 6.45) is -2.14. The Morgan fingerprint density at radius 1 is 1.21 bits per heavy atom. The highest BCUT2D eigenvalue weighted by Gasteiger charge is 2.41. The van der Waals surface area contributed by atoms with E-state index in [9.17, 15) is 27.9 Å². The first-order chi connectivity index (χ1) is 13.0. The fraction of sp³-hybridized carbons (Fsp3) is 0.118. The lowest BCUT2D eigenvalue weighted by Gasteiger charge is -2.09. The molecule has 0 aliphatic heterocycles. The van der Waals surface area contributed by atoms with Crippen molar-refractivity contribution in [2.75, 3.05) is 0 Å². The van der Waals surface area contributed by atoms with E-state index in [-0.39, 0.29) is 20.9 Å². The average Bonchev–Trinajstić information content (AvgIpc) is 3.18. The number of carboxylic acid groups (broad SMARTS) is 1. The van der Waals surface area contributed by atoms with Crippen molar-refractivity contribution in [1.82, 2.24) is 14.3 Å². The summed E-state index contributed by atoms with van der Waals surface area (Å²) in [6.45, 7) is 0. The third-order valence-electron chi connectivity index (χ3n) is 3.97. The van der Waals surface area contributed by atoms with Crippen molar-refractivity contribution >= 4 is 39.3 Å². The van der Waals surface area contributed by atoms with Crippen molar-refractivity contribution in [3.8, 4) is 16.9 Å². The number of Topliss-reactive ketones (excluding diaryl/α,β-unsaturated/α-hetero) is 1. The third kappa shape index (κ3) is 3.57. The van der Waals surface area contributed by atoms with E-state index in [0.717, 1.165) is 10.6 Å². The van der Waals surface area contributed by atoms with Crippen LogP contribution in [0, 0.1) is 0 Å². The van der Waals surface area contributed by atoms with Crippen molar-refractivity contribution < 1.29 is 27.9 Å². The molecule has 2 heterocycles. The van der Waals surface area contributed by atoms with Gasteiger partial charge in [0.2, 0.25) is 0 Å². The van der Waals surface area contributed by atoms with E-state index in [0.29, 0.717) is 11.1 Å². The van der Waals surface area contributed by atoms with Crippen LogP contribution in [0.15, 0.2) is 41.1 Å². The van der Waals surface area contributed by atoms with E-state index in [1.165, 1.54) is 36.3 Å². The number of carbonyl (C=O) groups excluding carboxylic acids is 2. The highest BCUT2D eigenvalue weighted by molar-refractivity contribution is 9.10. The maximum atomic E-state index is 12.8. The molecule has 3 aromatic rings. The number of alkyl halides is 3. The largest absolute Gasteiger partial charge is 0.545 e. The summed E-state index contributed by atoms with van der Waals surface area (Å²) >= 11 is 8.96. The highest BCUT2D eigenvalue weighted by Crippen LogP contribution is 2.31. The molecule has 0 fully saturated rings. The third-order valence-corrected chi connectivity index (χ3v) is 4.88. The number of aromatic carboxylic acids is 1. The molecule has 0 bridgehead atoms. The number of carboxylic acids is 1. The Bertz CT molecular complexity index is 1100. The van der Waals surface area contributed by atoms with Crippen LogP contribution >= 0.6 is 27.5 Å². The summed E-state index contributed by atoms with van der Waals surface area (Å²) < 4.78 is 40.8. The number of benzene rings is 1. The molecule has 0 aliphatic carbocycles. The van der Waals surface area contributed by atoms with Crippen LogP contribution in [0.2, 0.25) is 5.02 Å². The van der Waals surface area contributed by atoms with E-state index in [2.05, 4.69) is 21.0 Å². The Hall–Kier alpha value is -2.59. The van der Waals surface area contributed by atoms with Crippen LogP contribution in [0.5, 0.6) is 0 Å². The van der Waals surface area contributed by atoms with Crippen LogP contribution in [-0.4, -0.2) is 32.3 Å². The van der Waals surface area contributed by atoms with Crippen LogP contribution in [0.25, 0.3) is 16.9 Å². The standard InChI is InChI=1S/C17H10BrClF3N3O3/c1-24-13(14(26)17(20,21)22)5-11(18)15(24)25-7-9(6-23-25)8-2-3-12(19)10(4-8)16(27)28/h2-7H,1H3,(H,27,28)/p-1. The fourth-order valence-electron chi connectivity index (χ4n) is 2.63. The van der Waals surface area contributed by atoms with Crippen LogP contribution in [-0.2, 0) is 7.05 Å². The molecule has 1 aromatic carbocycles. The molecule has 11 heteroatoms. The summed E-state index contributed by atoms with van der Waals surface area (Å²) in [5.41, 5.74) is 0.185. The Labute approximate surface area is 169 Å². The van der Waals surface area contributed by atoms with Gasteiger partial charge in [-0.05, 0) is 39.7 Å². The van der Waals surface area contributed by atoms with Gasteiger partial charge in [-0.2, -0.15) is 18.3 Å². The second-order valence-electron chi connectivity index (χ2n) is 5.74. The maximum absolute atomic E-state index is 12.8. The minimum Gasteiger partial charge on any atom is -0.545 e. The van der Waals surface area contributed by atoms with Gasteiger partial charge in [-0.3, -0.25) is 4.79 Å². The van der Waals surface area contributed by atoms with Crippen molar-refractivity contribution in [3.05, 3.63) is 57.4 Å². The van der Waals surface area contributed by atoms with Gasteiger partial charge in [-0.25, -0.2) is 4.68 Å². The number of aromatic nitrogens is 3. The zero-order valence-electron chi connectivity index (χ0n) is 13.9. The lowest BCUT2D eigenvalue weighted by atomic mass is 10.1. The van der Waals surface area contributed by atoms with Gasteiger partial charge in [0.15, 0.2) is 0 Å². The number of nitrogens with zero attached hydrogens (tertiary/aromatic N) is 3. The van der Waals surface area contributed by atoms with E-state index in [4.69, 9.17) is 11.6 Å². The first-order valence-electron chi connectivity index (χ1n) is 7.53. The number of ketones is 1. The lowest BCUT2D eigenvalue weighted by Crippen LogP contribution is -2.25. The van der Waals surface area contributed by atoms with E-state index in [1.54, 1.807) is 6.07 Å². The van der Waals surface area contributed by atoms with Crippen molar-refractivity contribution in [1.29, 1.82) is 0 Å². The smallest absolute Gasteiger partial charge is 0.456 e. The molecule has 146 valence electrons. The number of halogens is 5. The molecule has 0 N–H and O–H groups in total. The Morgan fingerprint density at radius 2 is 1.89 bits per heavy atom. The van der Waals surface area contributed by atoms with Crippen LogP contribution in [0.4, 0.5) is 13.2 Å². The predicted octanol–water partition coefficient (Wildman–Crippen LogP) is 3.40. The van der Waals surface area contributed by atoms with E-state index >= 15 is 0 Å². The zero-order chi connectivity index (χ0) is 20.8. The number of rotatable bonds is 4. The molecule has 2 aromatic heterocycles. The topological polar surface area (TPSA) is 80.0 Å². The Balaban J connectivity index is 2.04. The maximum Gasteiger partial charge on any atom is 0.456 e. The second-order valence-corrected chi connectivity index (χ2v) is 7.00. The first kappa shape index (κ1) is 20.2. The van der Waals surface area contributed by atoms with Gasteiger partial charge in [0.05, 0.1) is 22.3 Å². The van der Waals surface area contributed by atoms with Gasteiger partial charge in [0.1, 0.15) is 5.82 Å². The van der Waals surface area contributed by atoms with Gasteiger partial charge in [-0.1, -0.05) is 17.7 Å². The molecule has 0 spiro atoms. The van der Waals surface area contributed by atoms with E-state index in [1.807, 2.05) is 0 Å². The van der Waals surface area contributed by atoms with E-state index < -0.39 is 23.6 Å². The van der Waals surface area contributed by atoms with Gasteiger partial charge in [-0.15, -0.1) is 0 Å². The van der Waals surface area contributed by atoms with Crippen molar-refractivity contribution in [3.63, 3.8) is 0 Å². The summed E-state index contributed by atoms with van der Waals surface area (Å²) in [5.74, 6) is -3.24. The Morgan fingerprint density at radius 3 is 2.50 bits per heavy atom. The molecule has 0 radical (unpaired) electrons. The van der Waals surface area contributed by atoms with Crippen LogP contribution in [0.1, 0.15) is 20.8 Å². The SMILES string of the molecule is Cn1c(C(=O)C(F)(F)F)cc(Br)c1-n1cc(-c2ccc(Cl)c(C(=O)[O-])c2)cn1. The van der Waals surface area contributed by atoms with Crippen molar-refractivity contribution in [2.24, 2.45) is 7.05 Å². The molecular formula is C17H9BrClF3N3O3-. The first-order valence-corrected chi connectivity index (χ1v) is 8.71. The minimum absolute atomic E-state index is 0.0108. The number of carbonyl (C=O) groups is 2. The second kappa shape index (κ2) is 7.10. The summed E-state index contributed by atoms with van der Waals surface area (Å²) in [7, 11) is 1.30. The number of hydrogen-bond donors (Lipinski definition) is 0. The van der Waals surface area contributed by atoms with Gasteiger partial charge < -0.3 is 14.5 Å². The highest BCUT2D eigenvalue weighted by atomic mass is 79.9. The van der Waals surface area contributed by atoms with Crippen LogP contribution < -0.4 is 5.11 Å². The van der Waals surface area contributed by atoms with Gasteiger partial charge in [0, 0.05) is 29.4 Å². The fourth-order valence-corrected chi connectivity index (χ4v) is 3.49. The monoisotopic (exact) mass is 474 g/mol. The summed E-state index contributed by atoms with van der Waals surface area (Å²) in [6, 6.07) is 5.31. The molecular weight excluding hydrogens is 467 g/mol. The molecule has 0 atom stereocenters. The minimum atomic E-state index is -5.01. The normalized spacial score (nSPS) is 11.6. The Kier molecular flexibility index (Phi) is 5.11. The summed E-state index contributed by atoms with van der Waals surface area (Å²) in [5, 5.41) is 15.2. The molecule has 0 unspecified atom stereocenters. The summed E-state index contributed by atoms with van der Waals surface area (Å²) in [4.78, 5) is 22.7. The molecule has 6 nitrogen and oxygen atoms in total. The predicted molar refractivity (Wildman–Crippen MR) is 95.4 cm³/mol. The lowest BCUT2D eigenvalue weighted by molar-refractivity contribution is -0.255. The molecule has 0 saturated carbocycles. The molecule has 3 rings (SSSR count). The molecule has 28 heavy (non-hydrogen) atoms. The number of hydrogen-bond acceptors (Lipinski definition) is 4. The van der Waals surface area contributed by atoms with Crippen molar-refractivity contribution in [2.45, 2.75) is 6.18 Å². The zero-order valence-corrected chi connectivity index (χ0v) is 16.3. The van der Waals surface area contributed by atoms with Gasteiger partial charge in [0.25, 0.3) is 5.78 Å². The molecule has 0 amide bonds. The quantitative estimate of drug-likeness (QED) is 0.542. The van der Waals surface area contributed by atoms with Gasteiger partial charge >= 0.3 is 6.18 Å². The average molecular weight is 476 g/mol.